The molecule has 10 aromatic carbocycles. The topological polar surface area (TPSA) is 65.0 Å². The summed E-state index contributed by atoms with van der Waals surface area (Å²) >= 11 is 0. The van der Waals surface area contributed by atoms with Crippen molar-refractivity contribution < 1.29 is 8.83 Å². The van der Waals surface area contributed by atoms with E-state index in [1.54, 1.807) is 0 Å². The van der Waals surface area contributed by atoms with Crippen molar-refractivity contribution in [2.75, 3.05) is 0 Å². The van der Waals surface area contributed by atoms with Crippen molar-refractivity contribution in [2.24, 2.45) is 0 Å². The van der Waals surface area contributed by atoms with Crippen LogP contribution in [0.2, 0.25) is 0 Å². The second-order valence-corrected chi connectivity index (χ2v) is 15.9. The maximum atomic E-state index is 6.32. The van der Waals surface area contributed by atoms with Gasteiger partial charge in [0.15, 0.2) is 17.5 Å². The lowest BCUT2D eigenvalue weighted by Crippen LogP contribution is -2.01. The molecule has 0 bridgehead atoms. The molecule has 0 N–H and O–H groups in total. The lowest BCUT2D eigenvalue weighted by Gasteiger charge is -2.14. The van der Waals surface area contributed by atoms with E-state index < -0.39 is 0 Å². The van der Waals surface area contributed by atoms with E-state index >= 15 is 0 Å². The van der Waals surface area contributed by atoms with Gasteiger partial charge in [0.05, 0.1) is 0 Å². The van der Waals surface area contributed by atoms with Gasteiger partial charge < -0.3 is 8.83 Å². The molecular formula is C57H33N3O2. The molecule has 0 atom stereocenters. The summed E-state index contributed by atoms with van der Waals surface area (Å²) < 4.78 is 12.6. The predicted molar refractivity (Wildman–Crippen MR) is 254 cm³/mol. The fraction of sp³-hybridized carbons (Fsp3) is 0. The zero-order valence-electron chi connectivity index (χ0n) is 33.2. The zero-order valence-corrected chi connectivity index (χ0v) is 33.2. The van der Waals surface area contributed by atoms with Crippen LogP contribution >= 0.6 is 0 Å². The highest BCUT2D eigenvalue weighted by Gasteiger charge is 2.20. The molecule has 13 rings (SSSR count). The molecule has 62 heavy (non-hydrogen) atoms. The highest BCUT2D eigenvalue weighted by Crippen LogP contribution is 2.42. The first-order valence-corrected chi connectivity index (χ1v) is 20.8. The Morgan fingerprint density at radius 1 is 0.258 bits per heavy atom. The molecule has 0 aliphatic rings. The number of aromatic nitrogens is 3. The van der Waals surface area contributed by atoms with Gasteiger partial charge in [-0.3, -0.25) is 0 Å². The molecule has 0 spiro atoms. The second kappa shape index (κ2) is 13.6. The Balaban J connectivity index is 1.01. The van der Waals surface area contributed by atoms with Gasteiger partial charge in [0.1, 0.15) is 22.3 Å². The van der Waals surface area contributed by atoms with Crippen LogP contribution in [0, 0.1) is 0 Å². The number of nitrogens with zero attached hydrogens (tertiary/aromatic N) is 3. The van der Waals surface area contributed by atoms with Crippen LogP contribution in [-0.4, -0.2) is 15.0 Å². The molecule has 0 aliphatic heterocycles. The van der Waals surface area contributed by atoms with Gasteiger partial charge in [-0.25, -0.2) is 15.0 Å². The predicted octanol–water partition coefficient (Wildman–Crippen LogP) is 15.5. The van der Waals surface area contributed by atoms with E-state index in [2.05, 4.69) is 170 Å². The molecule has 5 heteroatoms. The summed E-state index contributed by atoms with van der Waals surface area (Å²) in [7, 11) is 0. The minimum Gasteiger partial charge on any atom is -0.456 e. The van der Waals surface area contributed by atoms with Crippen LogP contribution in [0.1, 0.15) is 0 Å². The third-order valence-corrected chi connectivity index (χ3v) is 12.4. The van der Waals surface area contributed by atoms with E-state index in [1.165, 1.54) is 16.3 Å². The fourth-order valence-electron chi connectivity index (χ4n) is 9.44. The molecule has 3 heterocycles. The summed E-state index contributed by atoms with van der Waals surface area (Å²) in [6.45, 7) is 0. The number of furan rings is 2. The average molecular weight is 792 g/mol. The molecule has 0 aliphatic carbocycles. The van der Waals surface area contributed by atoms with Gasteiger partial charge in [-0.1, -0.05) is 164 Å². The van der Waals surface area contributed by atoms with Crippen LogP contribution in [0.5, 0.6) is 0 Å². The first kappa shape index (κ1) is 34.5. The van der Waals surface area contributed by atoms with Gasteiger partial charge in [0.25, 0.3) is 0 Å². The lowest BCUT2D eigenvalue weighted by molar-refractivity contribution is 0.668. The summed E-state index contributed by atoms with van der Waals surface area (Å²) in [6.07, 6.45) is 0. The van der Waals surface area contributed by atoms with Crippen LogP contribution in [0.3, 0.4) is 0 Å². The summed E-state index contributed by atoms with van der Waals surface area (Å²) in [5, 5.41) is 11.2. The number of benzene rings is 10. The fourth-order valence-corrected chi connectivity index (χ4v) is 9.44. The van der Waals surface area contributed by atoms with Crippen LogP contribution < -0.4 is 0 Å². The van der Waals surface area contributed by atoms with Crippen LogP contribution in [0.25, 0.3) is 133 Å². The molecule has 0 saturated carbocycles. The van der Waals surface area contributed by atoms with Gasteiger partial charge in [0.2, 0.25) is 0 Å². The Morgan fingerprint density at radius 2 is 0.758 bits per heavy atom. The van der Waals surface area contributed by atoms with Crippen molar-refractivity contribution in [3.05, 3.63) is 200 Å². The van der Waals surface area contributed by atoms with E-state index in [9.17, 15) is 0 Å². The summed E-state index contributed by atoms with van der Waals surface area (Å²) in [5.41, 5.74) is 10.7. The van der Waals surface area contributed by atoms with Crippen molar-refractivity contribution in [1.29, 1.82) is 0 Å². The Bertz CT molecular complexity index is 3930. The van der Waals surface area contributed by atoms with Gasteiger partial charge in [-0.15, -0.1) is 0 Å². The summed E-state index contributed by atoms with van der Waals surface area (Å²) in [6, 6.07) is 69.9. The van der Waals surface area contributed by atoms with Crippen molar-refractivity contribution in [3.8, 4) is 56.4 Å². The number of fused-ring (bicyclic) bond motifs is 10. The van der Waals surface area contributed by atoms with Crippen LogP contribution in [-0.2, 0) is 0 Å². The smallest absolute Gasteiger partial charge is 0.164 e. The standard InChI is InChI=1S/C57H33N3O2/c1-2-13-39-34(11-1)12-9-18-40(39)35-23-26-37(27-24-35)55-58-56(38-28-25-36-29-32-52-54(48(36)33-38)47-17-6-8-21-50(47)62-52)60-57(59-55)45-31-30-43(41-14-3-4-15-42(41)45)44-19-10-22-51-53(44)46-16-5-7-20-49(46)61-51/h1-33H. The minimum atomic E-state index is 0.595. The summed E-state index contributed by atoms with van der Waals surface area (Å²) in [5.74, 6) is 1.80. The van der Waals surface area contributed by atoms with Gasteiger partial charge in [-0.2, -0.15) is 0 Å². The Hall–Kier alpha value is -8.41. The van der Waals surface area contributed by atoms with Gasteiger partial charge in [-0.05, 0) is 91.0 Å². The number of hydrogen-bond acceptors (Lipinski definition) is 5. The first-order chi connectivity index (χ1) is 30.7. The largest absolute Gasteiger partial charge is 0.456 e. The zero-order chi connectivity index (χ0) is 40.7. The maximum absolute atomic E-state index is 6.32. The molecule has 5 nitrogen and oxygen atoms in total. The van der Waals surface area contributed by atoms with Crippen molar-refractivity contribution in [1.82, 2.24) is 15.0 Å². The Labute approximate surface area is 355 Å². The minimum absolute atomic E-state index is 0.595. The number of hydrogen-bond donors (Lipinski definition) is 0. The van der Waals surface area contributed by atoms with E-state index in [4.69, 9.17) is 23.8 Å². The van der Waals surface area contributed by atoms with Gasteiger partial charge in [0, 0.05) is 38.2 Å². The number of para-hydroxylation sites is 2. The second-order valence-electron chi connectivity index (χ2n) is 15.9. The molecule has 0 unspecified atom stereocenters. The van der Waals surface area contributed by atoms with Gasteiger partial charge >= 0.3 is 0 Å². The van der Waals surface area contributed by atoms with E-state index in [-0.39, 0.29) is 0 Å². The van der Waals surface area contributed by atoms with E-state index in [1.807, 2.05) is 30.3 Å². The average Bonchev–Trinajstić information content (AvgIpc) is 3.92. The highest BCUT2D eigenvalue weighted by molar-refractivity contribution is 6.19. The molecule has 0 radical (unpaired) electrons. The maximum Gasteiger partial charge on any atom is 0.164 e. The van der Waals surface area contributed by atoms with E-state index in [0.29, 0.717) is 17.5 Å². The Kier molecular flexibility index (Phi) is 7.54. The molecule has 3 aromatic heterocycles. The van der Waals surface area contributed by atoms with Crippen molar-refractivity contribution >= 4 is 76.2 Å². The van der Waals surface area contributed by atoms with Crippen LogP contribution in [0.4, 0.5) is 0 Å². The van der Waals surface area contributed by atoms with E-state index in [0.717, 1.165) is 98.8 Å². The molecule has 13 aromatic rings. The van der Waals surface area contributed by atoms with Crippen molar-refractivity contribution in [2.45, 2.75) is 0 Å². The monoisotopic (exact) mass is 791 g/mol. The SMILES string of the molecule is c1ccc2c(-c3ccc(-c4nc(-c5ccc6ccc7oc8ccccc8c7c6c5)nc(-c5ccc(-c6cccc7oc8ccccc8c67)c6ccccc56)n4)cc3)cccc2c1. The summed E-state index contributed by atoms with van der Waals surface area (Å²) in [4.78, 5) is 15.8. The third kappa shape index (κ3) is 5.38. The van der Waals surface area contributed by atoms with Crippen molar-refractivity contribution in [3.63, 3.8) is 0 Å². The normalized spacial score (nSPS) is 11.9. The molecule has 0 saturated heterocycles. The van der Waals surface area contributed by atoms with Crippen LogP contribution in [0.15, 0.2) is 209 Å². The Morgan fingerprint density at radius 3 is 1.55 bits per heavy atom. The molecule has 0 amide bonds. The molecule has 0 fully saturated rings. The molecular weight excluding hydrogens is 759 g/mol. The highest BCUT2D eigenvalue weighted by atomic mass is 16.3. The molecule has 288 valence electrons. The number of rotatable bonds is 5. The lowest BCUT2D eigenvalue weighted by atomic mass is 9.92. The quantitative estimate of drug-likeness (QED) is 0.174. The third-order valence-electron chi connectivity index (χ3n) is 12.4. The first-order valence-electron chi connectivity index (χ1n) is 20.8.